The number of hydrogen-bond acceptors (Lipinski definition) is 3. The Morgan fingerprint density at radius 1 is 0.659 bits per heavy atom. The van der Waals surface area contributed by atoms with Gasteiger partial charge in [0.25, 0.3) is 0 Å². The van der Waals surface area contributed by atoms with Crippen LogP contribution in [0.2, 0.25) is 0 Å². The molecule has 0 spiro atoms. The van der Waals surface area contributed by atoms with E-state index in [1.165, 1.54) is 5.56 Å². The van der Waals surface area contributed by atoms with Crippen LogP contribution in [0.1, 0.15) is 25.0 Å². The third-order valence-corrected chi connectivity index (χ3v) is 8.16. The average molecular weight is 752 g/mol. The van der Waals surface area contributed by atoms with Gasteiger partial charge in [0.05, 0.1) is 16.6 Å². The van der Waals surface area contributed by atoms with Gasteiger partial charge < -0.3 is 5.11 Å². The molecule has 4 nitrogen and oxygen atoms in total. The third kappa shape index (κ3) is 5.27. The molecule has 0 atom stereocenters. The van der Waals surface area contributed by atoms with Crippen molar-refractivity contribution in [2.24, 2.45) is 0 Å². The van der Waals surface area contributed by atoms with Crippen molar-refractivity contribution in [3.8, 4) is 45.2 Å². The van der Waals surface area contributed by atoms with Gasteiger partial charge in [-0.25, -0.2) is 4.98 Å². The zero-order valence-electron chi connectivity index (χ0n) is 24.4. The molecule has 0 aliphatic heterocycles. The zero-order valence-corrected chi connectivity index (χ0v) is 26.7. The first-order chi connectivity index (χ1) is 21.0. The maximum Gasteiger partial charge on any atom is 0.148 e. The van der Waals surface area contributed by atoms with E-state index in [0.717, 1.165) is 44.7 Å². The normalized spacial score (nSPS) is 11.3. The van der Waals surface area contributed by atoms with Crippen LogP contribution in [0.4, 0.5) is 0 Å². The predicted octanol–water partition coefficient (Wildman–Crippen LogP) is 9.25. The minimum absolute atomic E-state index is 0. The van der Waals surface area contributed by atoms with Crippen LogP contribution < -0.4 is 0 Å². The van der Waals surface area contributed by atoms with Crippen LogP contribution in [0.5, 0.6) is 5.75 Å². The van der Waals surface area contributed by atoms with Gasteiger partial charge in [-0.15, -0.1) is 29.3 Å². The molecule has 0 unspecified atom stereocenters. The molecule has 0 saturated heterocycles. The Hall–Kier alpha value is -4.79. The van der Waals surface area contributed by atoms with Crippen LogP contribution in [-0.2, 0) is 26.5 Å². The molecule has 2 heterocycles. The maximum absolute atomic E-state index is 10.9. The van der Waals surface area contributed by atoms with Gasteiger partial charge in [-0.3, -0.25) is 9.55 Å². The molecule has 0 aliphatic rings. The summed E-state index contributed by atoms with van der Waals surface area (Å²) in [6.45, 7) is 4.51. The fourth-order valence-corrected chi connectivity index (χ4v) is 5.76. The largest absolute Gasteiger partial charge is 0.507 e. The average Bonchev–Trinajstić information content (AvgIpc) is 3.45. The molecule has 218 valence electrons. The number of phenolic OH excluding ortho intramolecular Hbond substituents is 1. The molecule has 0 bridgehead atoms. The van der Waals surface area contributed by atoms with E-state index in [-0.39, 0.29) is 32.2 Å². The van der Waals surface area contributed by atoms with Crippen molar-refractivity contribution in [1.82, 2.24) is 14.5 Å². The molecule has 5 aromatic carbocycles. The number of para-hydroxylation sites is 3. The summed E-state index contributed by atoms with van der Waals surface area (Å²) in [5.74, 6) is 0.865. The summed E-state index contributed by atoms with van der Waals surface area (Å²) < 4.78 is 2.12. The molecule has 7 aromatic rings. The number of pyridine rings is 1. The molecule has 0 fully saturated rings. The van der Waals surface area contributed by atoms with Gasteiger partial charge in [0, 0.05) is 44.1 Å². The molecule has 0 aliphatic carbocycles. The number of nitrogens with zero attached hydrogens (tertiary/aromatic N) is 3. The first kappa shape index (κ1) is 29.3. The first-order valence-corrected chi connectivity index (χ1v) is 14.4. The number of aromatic nitrogens is 3. The van der Waals surface area contributed by atoms with E-state index in [4.69, 9.17) is 4.98 Å². The third-order valence-electron chi connectivity index (χ3n) is 8.16. The van der Waals surface area contributed by atoms with Gasteiger partial charge in [-0.2, -0.15) is 0 Å². The minimum Gasteiger partial charge on any atom is -0.507 e. The first-order valence-electron chi connectivity index (χ1n) is 14.4. The fraction of sp³-hybridized carbons (Fsp3) is 0.0769. The predicted molar refractivity (Wildman–Crippen MR) is 174 cm³/mol. The molecule has 7 rings (SSSR count). The molecule has 0 saturated carbocycles. The van der Waals surface area contributed by atoms with Crippen molar-refractivity contribution in [2.45, 2.75) is 19.3 Å². The summed E-state index contributed by atoms with van der Waals surface area (Å²) in [7, 11) is 0. The smallest absolute Gasteiger partial charge is 0.148 e. The van der Waals surface area contributed by atoms with Gasteiger partial charge >= 0.3 is 0 Å². The SMILES string of the molecule is CC(C)(c1ccccc1)c1cc(-c2ccccn2)[c-]c(-c2cccc3c2nc(-c2ccccc2O)n3-c2ccccc2)c1.[Pt]. The zero-order chi connectivity index (χ0) is 29.4. The van der Waals surface area contributed by atoms with E-state index < -0.39 is 0 Å². The van der Waals surface area contributed by atoms with Crippen molar-refractivity contribution >= 4 is 11.0 Å². The van der Waals surface area contributed by atoms with E-state index in [9.17, 15) is 5.11 Å². The minimum atomic E-state index is -0.271. The number of phenols is 1. The molecular weight excluding hydrogens is 722 g/mol. The van der Waals surface area contributed by atoms with Gasteiger partial charge in [-0.1, -0.05) is 110 Å². The summed E-state index contributed by atoms with van der Waals surface area (Å²) >= 11 is 0. The number of aromatic hydroxyl groups is 1. The van der Waals surface area contributed by atoms with Crippen molar-refractivity contribution < 1.29 is 26.2 Å². The Bertz CT molecular complexity index is 2050. The fourth-order valence-electron chi connectivity index (χ4n) is 5.76. The summed E-state index contributed by atoms with van der Waals surface area (Å²) in [5.41, 5.74) is 9.24. The van der Waals surface area contributed by atoms with Crippen LogP contribution in [0.15, 0.2) is 140 Å². The van der Waals surface area contributed by atoms with Gasteiger partial charge in [0.2, 0.25) is 0 Å². The van der Waals surface area contributed by atoms with Crippen LogP contribution in [-0.4, -0.2) is 19.6 Å². The van der Waals surface area contributed by atoms with Gasteiger partial charge in [-0.05, 0) is 42.0 Å². The Balaban J connectivity index is 0.00000343. The number of imidazole rings is 1. The van der Waals surface area contributed by atoms with Gasteiger partial charge in [0.15, 0.2) is 0 Å². The van der Waals surface area contributed by atoms with Gasteiger partial charge in [0.1, 0.15) is 11.6 Å². The Morgan fingerprint density at radius 3 is 2.05 bits per heavy atom. The molecular formula is C39H30N3OPt-. The molecule has 0 radical (unpaired) electrons. The van der Waals surface area contributed by atoms with Crippen LogP contribution in [0, 0.1) is 6.07 Å². The summed E-state index contributed by atoms with van der Waals surface area (Å²) in [6.07, 6.45) is 1.82. The van der Waals surface area contributed by atoms with Crippen molar-refractivity contribution in [1.29, 1.82) is 0 Å². The summed E-state index contributed by atoms with van der Waals surface area (Å²) in [5, 5.41) is 10.9. The molecule has 44 heavy (non-hydrogen) atoms. The molecule has 0 amide bonds. The van der Waals surface area contributed by atoms with E-state index in [2.05, 4.69) is 102 Å². The van der Waals surface area contributed by atoms with Crippen molar-refractivity contribution in [3.05, 3.63) is 157 Å². The second-order valence-corrected chi connectivity index (χ2v) is 11.2. The van der Waals surface area contributed by atoms with E-state index in [1.807, 2.05) is 60.8 Å². The standard InChI is InChI=1S/C39H30N3O.Pt/c1-39(2,29-14-5-3-6-15-29)30-25-27(24-28(26-30)34-20-11-12-23-40-34)32-19-13-21-35-37(32)41-38(33-18-9-10-22-36(33)43)42(35)31-16-7-4-8-17-31;/h3-23,25-26,43H,1-2H3;/q-1;. The van der Waals surface area contributed by atoms with E-state index in [1.54, 1.807) is 6.07 Å². The number of fused-ring (bicyclic) bond motifs is 1. The second kappa shape index (κ2) is 12.1. The van der Waals surface area contributed by atoms with Crippen LogP contribution >= 0.6 is 0 Å². The van der Waals surface area contributed by atoms with Crippen molar-refractivity contribution in [3.63, 3.8) is 0 Å². The maximum atomic E-state index is 10.9. The Kier molecular flexibility index (Phi) is 8.03. The second-order valence-electron chi connectivity index (χ2n) is 11.2. The molecule has 1 N–H and O–H groups in total. The molecule has 2 aromatic heterocycles. The number of benzene rings is 5. The Morgan fingerprint density at radius 2 is 1.32 bits per heavy atom. The summed E-state index contributed by atoms with van der Waals surface area (Å²) in [6, 6.07) is 48.4. The molecule has 5 heteroatoms. The van der Waals surface area contributed by atoms with Crippen LogP contribution in [0.25, 0.3) is 50.5 Å². The Labute approximate surface area is 272 Å². The topological polar surface area (TPSA) is 50.9 Å². The van der Waals surface area contributed by atoms with Crippen LogP contribution in [0.3, 0.4) is 0 Å². The monoisotopic (exact) mass is 751 g/mol. The quantitative estimate of drug-likeness (QED) is 0.173. The van der Waals surface area contributed by atoms with Crippen molar-refractivity contribution in [2.75, 3.05) is 0 Å². The van der Waals surface area contributed by atoms with E-state index >= 15 is 0 Å². The number of rotatable bonds is 6. The summed E-state index contributed by atoms with van der Waals surface area (Å²) in [4.78, 5) is 9.89. The number of hydrogen-bond donors (Lipinski definition) is 1. The van der Waals surface area contributed by atoms with E-state index in [0.29, 0.717) is 11.4 Å².